The summed E-state index contributed by atoms with van der Waals surface area (Å²) in [7, 11) is 0. The molecule has 2 N–H and O–H groups in total. The average molecular weight is 243 g/mol. The van der Waals surface area contributed by atoms with E-state index < -0.39 is 0 Å². The van der Waals surface area contributed by atoms with Crippen LogP contribution in [-0.2, 0) is 6.42 Å². The molecule has 0 spiro atoms. The summed E-state index contributed by atoms with van der Waals surface area (Å²) in [5.41, 5.74) is 9.34. The van der Waals surface area contributed by atoms with E-state index in [2.05, 4.69) is 0 Å². The average Bonchev–Trinajstić information content (AvgIpc) is 2.41. The van der Waals surface area contributed by atoms with Crippen LogP contribution >= 0.6 is 0 Å². The zero-order valence-electron chi connectivity index (χ0n) is 9.95. The van der Waals surface area contributed by atoms with E-state index in [0.717, 1.165) is 36.3 Å². The molecule has 3 rings (SSSR count). The largest absolute Gasteiger partial charge is 0.493 e. The van der Waals surface area contributed by atoms with Gasteiger partial charge in [-0.25, -0.2) is 4.39 Å². The molecule has 2 aromatic rings. The molecule has 0 amide bonds. The standard InChI is InChI=1S/C15H14FNO/c16-12-4-5-14(17)13(9-12)10-3-6-15-11(8-10)2-1-7-18-15/h3-6,8-9H,1-2,7,17H2. The van der Waals surface area contributed by atoms with Gasteiger partial charge in [0.2, 0.25) is 0 Å². The Labute approximate surface area is 105 Å². The molecule has 0 aromatic heterocycles. The predicted octanol–water partition coefficient (Wildman–Crippen LogP) is 3.40. The van der Waals surface area contributed by atoms with Crippen LogP contribution < -0.4 is 10.5 Å². The monoisotopic (exact) mass is 243 g/mol. The van der Waals surface area contributed by atoms with Gasteiger partial charge in [0.05, 0.1) is 6.61 Å². The maximum absolute atomic E-state index is 13.3. The summed E-state index contributed by atoms with van der Waals surface area (Å²) in [5.74, 6) is 0.660. The first kappa shape index (κ1) is 11.1. The molecule has 2 nitrogen and oxygen atoms in total. The molecule has 1 aliphatic heterocycles. The number of ether oxygens (including phenoxy) is 1. The smallest absolute Gasteiger partial charge is 0.123 e. The number of fused-ring (bicyclic) bond motifs is 1. The predicted molar refractivity (Wildman–Crippen MR) is 70.1 cm³/mol. The van der Waals surface area contributed by atoms with E-state index >= 15 is 0 Å². The molecule has 0 saturated carbocycles. The first-order valence-electron chi connectivity index (χ1n) is 6.05. The number of aryl methyl sites for hydroxylation is 1. The van der Waals surface area contributed by atoms with Crippen LogP contribution in [0.5, 0.6) is 5.75 Å². The molecule has 92 valence electrons. The molecule has 1 aliphatic rings. The molecule has 1 heterocycles. The fourth-order valence-corrected chi connectivity index (χ4v) is 2.31. The van der Waals surface area contributed by atoms with E-state index in [1.807, 2.05) is 18.2 Å². The van der Waals surface area contributed by atoms with Crippen LogP contribution in [0.1, 0.15) is 12.0 Å². The number of nitrogens with two attached hydrogens (primary N) is 1. The normalized spacial score (nSPS) is 13.8. The number of anilines is 1. The SMILES string of the molecule is Nc1ccc(F)cc1-c1ccc2c(c1)CCCO2. The van der Waals surface area contributed by atoms with Crippen LogP contribution in [0.4, 0.5) is 10.1 Å². The van der Waals surface area contributed by atoms with Crippen molar-refractivity contribution in [2.45, 2.75) is 12.8 Å². The second-order valence-corrected chi connectivity index (χ2v) is 4.51. The summed E-state index contributed by atoms with van der Waals surface area (Å²) < 4.78 is 18.9. The van der Waals surface area contributed by atoms with Gasteiger partial charge in [0, 0.05) is 11.3 Å². The Morgan fingerprint density at radius 3 is 2.89 bits per heavy atom. The number of hydrogen-bond donors (Lipinski definition) is 1. The van der Waals surface area contributed by atoms with E-state index in [1.54, 1.807) is 6.07 Å². The molecule has 0 atom stereocenters. The van der Waals surface area contributed by atoms with Crippen molar-refractivity contribution >= 4 is 5.69 Å². The Kier molecular flexibility index (Phi) is 2.67. The molecule has 2 aromatic carbocycles. The Hall–Kier alpha value is -2.03. The van der Waals surface area contributed by atoms with Crippen LogP contribution in [0, 0.1) is 5.82 Å². The number of rotatable bonds is 1. The summed E-state index contributed by atoms with van der Waals surface area (Å²) in [5, 5.41) is 0. The van der Waals surface area contributed by atoms with Crippen molar-refractivity contribution in [2.75, 3.05) is 12.3 Å². The van der Waals surface area contributed by atoms with Crippen LogP contribution in [0.2, 0.25) is 0 Å². The van der Waals surface area contributed by atoms with Crippen molar-refractivity contribution < 1.29 is 9.13 Å². The van der Waals surface area contributed by atoms with Crippen molar-refractivity contribution in [1.29, 1.82) is 0 Å². The lowest BCUT2D eigenvalue weighted by molar-refractivity contribution is 0.288. The molecule has 3 heteroatoms. The number of nitrogen functional groups attached to an aromatic ring is 1. The van der Waals surface area contributed by atoms with Crippen molar-refractivity contribution in [3.63, 3.8) is 0 Å². The summed E-state index contributed by atoms with van der Waals surface area (Å²) >= 11 is 0. The van der Waals surface area contributed by atoms with Gasteiger partial charge in [-0.2, -0.15) is 0 Å². The zero-order valence-corrected chi connectivity index (χ0v) is 9.95. The van der Waals surface area contributed by atoms with Gasteiger partial charge in [-0.1, -0.05) is 6.07 Å². The van der Waals surface area contributed by atoms with Gasteiger partial charge < -0.3 is 10.5 Å². The summed E-state index contributed by atoms with van der Waals surface area (Å²) in [4.78, 5) is 0. The van der Waals surface area contributed by atoms with E-state index in [-0.39, 0.29) is 5.82 Å². The second-order valence-electron chi connectivity index (χ2n) is 4.51. The van der Waals surface area contributed by atoms with Gasteiger partial charge >= 0.3 is 0 Å². The van der Waals surface area contributed by atoms with Crippen molar-refractivity contribution in [1.82, 2.24) is 0 Å². The van der Waals surface area contributed by atoms with Crippen molar-refractivity contribution in [2.24, 2.45) is 0 Å². The van der Waals surface area contributed by atoms with Gasteiger partial charge in [0.15, 0.2) is 0 Å². The fraction of sp³-hybridized carbons (Fsp3) is 0.200. The highest BCUT2D eigenvalue weighted by Crippen LogP contribution is 2.32. The topological polar surface area (TPSA) is 35.2 Å². The van der Waals surface area contributed by atoms with Crippen LogP contribution in [0.3, 0.4) is 0 Å². The minimum absolute atomic E-state index is 0.270. The molecular formula is C15H14FNO. The molecule has 18 heavy (non-hydrogen) atoms. The number of hydrogen-bond acceptors (Lipinski definition) is 2. The lowest BCUT2D eigenvalue weighted by Gasteiger charge is -2.18. The van der Waals surface area contributed by atoms with E-state index in [1.165, 1.54) is 17.7 Å². The highest BCUT2D eigenvalue weighted by atomic mass is 19.1. The number of halogens is 1. The summed E-state index contributed by atoms with van der Waals surface area (Å²) in [6.07, 6.45) is 2.02. The highest BCUT2D eigenvalue weighted by molar-refractivity contribution is 5.77. The Balaban J connectivity index is 2.09. The minimum atomic E-state index is -0.270. The Morgan fingerprint density at radius 2 is 2.00 bits per heavy atom. The Morgan fingerprint density at radius 1 is 1.11 bits per heavy atom. The van der Waals surface area contributed by atoms with Crippen molar-refractivity contribution in [3.8, 4) is 16.9 Å². The molecule has 0 saturated heterocycles. The van der Waals surface area contributed by atoms with Gasteiger partial charge in [-0.05, 0) is 54.3 Å². The maximum Gasteiger partial charge on any atom is 0.123 e. The fourth-order valence-electron chi connectivity index (χ4n) is 2.31. The molecule has 0 bridgehead atoms. The van der Waals surface area contributed by atoms with E-state index in [9.17, 15) is 4.39 Å². The van der Waals surface area contributed by atoms with Gasteiger partial charge in [0.25, 0.3) is 0 Å². The number of benzene rings is 2. The zero-order chi connectivity index (χ0) is 12.5. The maximum atomic E-state index is 13.3. The summed E-state index contributed by atoms with van der Waals surface area (Å²) in [6.45, 7) is 0.772. The summed E-state index contributed by atoms with van der Waals surface area (Å²) in [6, 6.07) is 10.4. The second kappa shape index (κ2) is 4.33. The molecule has 0 fully saturated rings. The molecule has 0 aliphatic carbocycles. The third-order valence-electron chi connectivity index (χ3n) is 3.23. The van der Waals surface area contributed by atoms with Crippen LogP contribution in [0.15, 0.2) is 36.4 Å². The molecular weight excluding hydrogens is 229 g/mol. The first-order valence-corrected chi connectivity index (χ1v) is 6.05. The van der Waals surface area contributed by atoms with Crippen LogP contribution in [-0.4, -0.2) is 6.61 Å². The highest BCUT2D eigenvalue weighted by Gasteiger charge is 2.12. The van der Waals surface area contributed by atoms with Crippen molar-refractivity contribution in [3.05, 3.63) is 47.8 Å². The lowest BCUT2D eigenvalue weighted by atomic mass is 9.98. The van der Waals surface area contributed by atoms with E-state index in [0.29, 0.717) is 5.69 Å². The van der Waals surface area contributed by atoms with E-state index in [4.69, 9.17) is 10.5 Å². The quantitative estimate of drug-likeness (QED) is 0.779. The lowest BCUT2D eigenvalue weighted by Crippen LogP contribution is -2.08. The molecule has 0 radical (unpaired) electrons. The van der Waals surface area contributed by atoms with Gasteiger partial charge in [-0.15, -0.1) is 0 Å². The molecule has 0 unspecified atom stereocenters. The van der Waals surface area contributed by atoms with Gasteiger partial charge in [0.1, 0.15) is 11.6 Å². The van der Waals surface area contributed by atoms with Gasteiger partial charge in [-0.3, -0.25) is 0 Å². The minimum Gasteiger partial charge on any atom is -0.493 e. The Bertz CT molecular complexity index is 595. The first-order chi connectivity index (χ1) is 8.74. The third-order valence-corrected chi connectivity index (χ3v) is 3.23. The third kappa shape index (κ3) is 1.92. The van der Waals surface area contributed by atoms with Crippen LogP contribution in [0.25, 0.3) is 11.1 Å².